The van der Waals surface area contributed by atoms with E-state index in [0.29, 0.717) is 30.1 Å². The number of aromatic nitrogens is 1. The molecule has 0 radical (unpaired) electrons. The first-order valence-electron chi connectivity index (χ1n) is 10.5. The van der Waals surface area contributed by atoms with Gasteiger partial charge in [0, 0.05) is 18.0 Å². The Morgan fingerprint density at radius 2 is 1.80 bits per heavy atom. The van der Waals surface area contributed by atoms with Crippen LogP contribution in [0.15, 0.2) is 59.1 Å². The summed E-state index contributed by atoms with van der Waals surface area (Å²) < 4.78 is 35.4. The van der Waals surface area contributed by atoms with E-state index >= 15 is 0 Å². The fourth-order valence-electron chi connectivity index (χ4n) is 3.31. The van der Waals surface area contributed by atoms with E-state index in [1.54, 1.807) is 12.1 Å². The molecule has 1 heterocycles. The van der Waals surface area contributed by atoms with Crippen molar-refractivity contribution in [2.75, 3.05) is 15.8 Å². The van der Waals surface area contributed by atoms with Gasteiger partial charge in [-0.25, -0.2) is 8.42 Å². The number of nitrogens with one attached hydrogen (secondary N) is 2. The van der Waals surface area contributed by atoms with Crippen LogP contribution in [-0.2, 0) is 16.6 Å². The van der Waals surface area contributed by atoms with Crippen LogP contribution in [0.3, 0.4) is 0 Å². The highest BCUT2D eigenvalue weighted by Gasteiger charge is 2.20. The number of aryl methyl sites for hydroxylation is 1. The molecule has 0 saturated heterocycles. The molecule has 3 aromatic rings. The number of sulfonamides is 1. The number of rotatable bonds is 11. The van der Waals surface area contributed by atoms with E-state index in [2.05, 4.69) is 17.0 Å². The van der Waals surface area contributed by atoms with E-state index in [-0.39, 0.29) is 5.75 Å². The van der Waals surface area contributed by atoms with Crippen LogP contribution in [-0.4, -0.2) is 14.2 Å². The molecule has 0 aliphatic carbocycles. The molecule has 0 unspecified atom stereocenters. The molecular weight excluding hydrogens is 398 g/mol. The number of para-hydroxylation sites is 1. The Labute approximate surface area is 178 Å². The molecule has 3 rings (SSSR count). The van der Waals surface area contributed by atoms with Gasteiger partial charge in [-0.3, -0.25) is 4.72 Å². The van der Waals surface area contributed by atoms with Crippen molar-refractivity contribution in [3.05, 3.63) is 60.6 Å². The van der Waals surface area contributed by atoms with Gasteiger partial charge in [-0.15, -0.1) is 0 Å². The highest BCUT2D eigenvalue weighted by Crippen LogP contribution is 2.21. The van der Waals surface area contributed by atoms with Gasteiger partial charge < -0.3 is 9.73 Å². The molecule has 0 bridgehead atoms. The van der Waals surface area contributed by atoms with Gasteiger partial charge >= 0.3 is 5.89 Å². The highest BCUT2D eigenvalue weighted by molar-refractivity contribution is 7.92. The van der Waals surface area contributed by atoms with Crippen LogP contribution in [0.2, 0.25) is 0 Å². The quantitative estimate of drug-likeness (QED) is 0.327. The molecule has 0 amide bonds. The Morgan fingerprint density at radius 3 is 2.53 bits per heavy atom. The van der Waals surface area contributed by atoms with Gasteiger partial charge in [0.1, 0.15) is 6.54 Å². The van der Waals surface area contributed by atoms with Gasteiger partial charge in [0.25, 0.3) is 5.52 Å². The van der Waals surface area contributed by atoms with Gasteiger partial charge in [0.2, 0.25) is 15.6 Å². The van der Waals surface area contributed by atoms with Gasteiger partial charge in [0.15, 0.2) is 0 Å². The summed E-state index contributed by atoms with van der Waals surface area (Å²) in [6, 6.07) is 15.2. The third kappa shape index (κ3) is 5.86. The Bertz CT molecular complexity index is 1090. The molecule has 0 atom stereocenters. The van der Waals surface area contributed by atoms with Crippen LogP contribution in [0.4, 0.5) is 11.4 Å². The molecule has 2 aromatic carbocycles. The molecule has 0 spiro atoms. The van der Waals surface area contributed by atoms with Crippen LogP contribution >= 0.6 is 0 Å². The van der Waals surface area contributed by atoms with E-state index in [1.807, 2.05) is 60.2 Å². The fraction of sp³-hybridized carbons (Fsp3) is 0.348. The summed E-state index contributed by atoms with van der Waals surface area (Å²) in [5, 5.41) is 3.21. The summed E-state index contributed by atoms with van der Waals surface area (Å²) in [6.45, 7) is 4.84. The molecule has 0 aliphatic rings. The predicted octanol–water partition coefficient (Wildman–Crippen LogP) is 5.15. The molecule has 7 heteroatoms. The van der Waals surface area contributed by atoms with Crippen LogP contribution < -0.4 is 14.6 Å². The van der Waals surface area contributed by atoms with E-state index in [0.717, 1.165) is 30.5 Å². The third-order valence-corrected chi connectivity index (χ3v) is 6.21. The Morgan fingerprint density at radius 1 is 1.00 bits per heavy atom. The first kappa shape index (κ1) is 21.9. The lowest BCUT2D eigenvalue weighted by Gasteiger charge is -2.07. The van der Waals surface area contributed by atoms with Crippen LogP contribution in [0.1, 0.15) is 45.4 Å². The molecule has 1 aromatic heterocycles. The molecular formula is C23H30N3O3S+. The SMILES string of the molecule is CCCCCCS(=O)(=O)Nc1ccc2oc(/C=C/Nc3ccccc3)[n+](CC)c2c1. The maximum absolute atomic E-state index is 12.4. The second kappa shape index (κ2) is 10.3. The number of hydrogen-bond acceptors (Lipinski definition) is 4. The zero-order valence-electron chi connectivity index (χ0n) is 17.6. The summed E-state index contributed by atoms with van der Waals surface area (Å²) in [4.78, 5) is 0. The van der Waals surface area contributed by atoms with E-state index in [1.165, 1.54) is 0 Å². The maximum atomic E-state index is 12.4. The van der Waals surface area contributed by atoms with Crippen molar-refractivity contribution in [3.63, 3.8) is 0 Å². The van der Waals surface area contributed by atoms with Crippen molar-refractivity contribution in [1.82, 2.24) is 0 Å². The monoisotopic (exact) mass is 428 g/mol. The second-order valence-electron chi connectivity index (χ2n) is 7.19. The number of fused-ring (bicyclic) bond motifs is 1. The lowest BCUT2D eigenvalue weighted by molar-refractivity contribution is -0.674. The van der Waals surface area contributed by atoms with E-state index in [4.69, 9.17) is 4.42 Å². The van der Waals surface area contributed by atoms with Crippen LogP contribution in [0, 0.1) is 0 Å². The van der Waals surface area contributed by atoms with E-state index < -0.39 is 10.0 Å². The lowest BCUT2D eigenvalue weighted by atomic mass is 10.2. The molecule has 0 aliphatic heterocycles. The molecule has 160 valence electrons. The number of unbranched alkanes of at least 4 members (excludes halogenated alkanes) is 3. The molecule has 2 N–H and O–H groups in total. The van der Waals surface area contributed by atoms with Gasteiger partial charge in [-0.05, 0) is 37.6 Å². The smallest absolute Gasteiger partial charge is 0.375 e. The van der Waals surface area contributed by atoms with Gasteiger partial charge in [0.05, 0.1) is 17.5 Å². The lowest BCUT2D eigenvalue weighted by Crippen LogP contribution is -2.33. The summed E-state index contributed by atoms with van der Waals surface area (Å²) in [7, 11) is -3.36. The van der Waals surface area contributed by atoms with Gasteiger partial charge in [-0.1, -0.05) is 44.4 Å². The largest absolute Gasteiger partial charge is 0.398 e. The van der Waals surface area contributed by atoms with Crippen molar-refractivity contribution < 1.29 is 17.4 Å². The van der Waals surface area contributed by atoms with Crippen LogP contribution in [0.25, 0.3) is 17.2 Å². The Balaban J connectivity index is 1.75. The van der Waals surface area contributed by atoms with Crippen molar-refractivity contribution in [1.29, 1.82) is 0 Å². The minimum atomic E-state index is -3.36. The van der Waals surface area contributed by atoms with Crippen molar-refractivity contribution in [3.8, 4) is 0 Å². The number of oxazole rings is 1. The minimum absolute atomic E-state index is 0.142. The normalized spacial score (nSPS) is 11.9. The predicted molar refractivity (Wildman–Crippen MR) is 123 cm³/mol. The van der Waals surface area contributed by atoms with Crippen molar-refractivity contribution in [2.24, 2.45) is 0 Å². The number of hydrogen-bond donors (Lipinski definition) is 2. The Kier molecular flexibility index (Phi) is 7.52. The molecule has 0 fully saturated rings. The molecule has 6 nitrogen and oxygen atoms in total. The van der Waals surface area contributed by atoms with Crippen molar-refractivity contribution >= 4 is 38.6 Å². The first-order chi connectivity index (χ1) is 14.5. The molecule has 0 saturated carbocycles. The summed E-state index contributed by atoms with van der Waals surface area (Å²) >= 11 is 0. The van der Waals surface area contributed by atoms with Crippen molar-refractivity contribution in [2.45, 2.75) is 46.1 Å². The first-order valence-corrected chi connectivity index (χ1v) is 12.1. The number of nitrogens with zero attached hydrogens (tertiary/aromatic N) is 1. The summed E-state index contributed by atoms with van der Waals surface area (Å²) in [5.41, 5.74) is 3.10. The average molecular weight is 429 g/mol. The maximum Gasteiger partial charge on any atom is 0.375 e. The zero-order chi connectivity index (χ0) is 21.4. The minimum Gasteiger partial charge on any atom is -0.398 e. The average Bonchev–Trinajstić information content (AvgIpc) is 3.08. The Hall–Kier alpha value is -2.80. The highest BCUT2D eigenvalue weighted by atomic mass is 32.2. The van der Waals surface area contributed by atoms with E-state index in [9.17, 15) is 8.42 Å². The standard InChI is InChI=1S/C23H29N3O3S/c1-3-5-6-10-17-30(27,28)25-20-13-14-22-21(18-20)26(4-2)23(29-22)15-16-24-19-11-8-7-9-12-19/h7-9,11-16,18,25H,3-6,10,17H2,1-2H3/p+1. The summed E-state index contributed by atoms with van der Waals surface area (Å²) in [5.74, 6) is 0.832. The fourth-order valence-corrected chi connectivity index (χ4v) is 4.48. The van der Waals surface area contributed by atoms with Gasteiger partial charge in [-0.2, -0.15) is 4.57 Å². The zero-order valence-corrected chi connectivity index (χ0v) is 18.4. The van der Waals surface area contributed by atoms with Crippen LogP contribution in [0.5, 0.6) is 0 Å². The topological polar surface area (TPSA) is 75.2 Å². The summed E-state index contributed by atoms with van der Waals surface area (Å²) in [6.07, 6.45) is 7.45. The number of anilines is 2. The second-order valence-corrected chi connectivity index (χ2v) is 9.03. The number of benzene rings is 2. The molecule has 30 heavy (non-hydrogen) atoms. The third-order valence-electron chi connectivity index (χ3n) is 4.84.